The quantitative estimate of drug-likeness (QED) is 0.589. The highest BCUT2D eigenvalue weighted by Crippen LogP contribution is 2.31. The van der Waals surface area contributed by atoms with E-state index < -0.39 is 4.92 Å². The zero-order valence-corrected chi connectivity index (χ0v) is 9.58. The van der Waals surface area contributed by atoms with Crippen molar-refractivity contribution >= 4 is 22.1 Å². The maximum Gasteiger partial charge on any atom is 0.273 e. The van der Waals surface area contributed by atoms with Crippen LogP contribution in [0.5, 0.6) is 5.75 Å². The fourth-order valence-electron chi connectivity index (χ4n) is 1.05. The number of hydrogen-bond acceptors (Lipinski definition) is 4. The van der Waals surface area contributed by atoms with E-state index in [4.69, 9.17) is 4.74 Å². The van der Waals surface area contributed by atoms with Gasteiger partial charge < -0.3 is 4.74 Å². The van der Waals surface area contributed by atoms with Gasteiger partial charge in [0.15, 0.2) is 5.75 Å². The third-order valence-corrected chi connectivity index (χ3v) is 2.22. The van der Waals surface area contributed by atoms with E-state index >= 15 is 0 Å². The molecule has 0 amide bonds. The summed E-state index contributed by atoms with van der Waals surface area (Å²) in [6, 6.07) is 4.41. The van der Waals surface area contributed by atoms with Gasteiger partial charge in [-0.2, -0.15) is 0 Å². The first-order chi connectivity index (χ1) is 7.04. The van der Waals surface area contributed by atoms with Crippen molar-refractivity contribution in [3.8, 4) is 5.75 Å². The zero-order chi connectivity index (χ0) is 11.4. The molecular formula is C9H12N2O3S. The van der Waals surface area contributed by atoms with Crippen LogP contribution in [0.4, 0.5) is 11.4 Å². The van der Waals surface area contributed by atoms with Crippen molar-refractivity contribution in [2.24, 2.45) is 4.36 Å². The lowest BCUT2D eigenvalue weighted by Crippen LogP contribution is -1.90. The molecule has 0 heterocycles. The summed E-state index contributed by atoms with van der Waals surface area (Å²) in [4.78, 5) is 10.1. The van der Waals surface area contributed by atoms with E-state index in [9.17, 15) is 10.1 Å². The maximum absolute atomic E-state index is 10.5. The van der Waals surface area contributed by atoms with E-state index in [0.717, 1.165) is 0 Å². The van der Waals surface area contributed by atoms with Gasteiger partial charge in [-0.3, -0.25) is 10.1 Å². The molecule has 1 aromatic carbocycles. The summed E-state index contributed by atoms with van der Waals surface area (Å²) in [6.45, 7) is 0. The van der Waals surface area contributed by atoms with Crippen LogP contribution < -0.4 is 4.74 Å². The van der Waals surface area contributed by atoms with Crippen LogP contribution in [0.25, 0.3) is 0 Å². The van der Waals surface area contributed by atoms with Crippen LogP contribution in [0.3, 0.4) is 0 Å². The van der Waals surface area contributed by atoms with Crippen molar-refractivity contribution in [3.05, 3.63) is 28.3 Å². The summed E-state index contributed by atoms with van der Waals surface area (Å²) >= 11 is 0. The number of rotatable bonds is 3. The molecule has 1 rings (SSSR count). The number of benzene rings is 1. The smallest absolute Gasteiger partial charge is 0.273 e. The fourth-order valence-corrected chi connectivity index (χ4v) is 1.60. The van der Waals surface area contributed by atoms with Crippen molar-refractivity contribution in [1.29, 1.82) is 0 Å². The lowest BCUT2D eigenvalue weighted by molar-refractivity contribution is -0.384. The molecule has 0 radical (unpaired) electrons. The van der Waals surface area contributed by atoms with Gasteiger partial charge in [0, 0.05) is 6.07 Å². The van der Waals surface area contributed by atoms with Gasteiger partial charge in [-0.1, -0.05) is 0 Å². The van der Waals surface area contributed by atoms with Gasteiger partial charge >= 0.3 is 0 Å². The van der Waals surface area contributed by atoms with Gasteiger partial charge in [-0.15, -0.1) is 10.7 Å². The Kier molecular flexibility index (Phi) is 3.79. The van der Waals surface area contributed by atoms with Crippen molar-refractivity contribution < 1.29 is 9.66 Å². The molecule has 5 nitrogen and oxygen atoms in total. The molecule has 0 bridgehead atoms. The molecule has 6 heteroatoms. The van der Waals surface area contributed by atoms with Crippen LogP contribution in [0.1, 0.15) is 0 Å². The molecule has 0 aromatic heterocycles. The predicted octanol–water partition coefficient (Wildman–Crippen LogP) is 2.30. The SMILES string of the molecule is COc1cc([N+](=O)[O-])ccc1N=S(C)C. The second-order valence-corrected chi connectivity index (χ2v) is 4.71. The van der Waals surface area contributed by atoms with E-state index in [1.54, 1.807) is 6.07 Å². The lowest BCUT2D eigenvalue weighted by Gasteiger charge is -2.04. The molecule has 0 aliphatic heterocycles. The number of methoxy groups -OCH3 is 1. The van der Waals surface area contributed by atoms with Gasteiger partial charge in [0.1, 0.15) is 5.69 Å². The third-order valence-electron chi connectivity index (χ3n) is 1.66. The Morgan fingerprint density at radius 2 is 2.13 bits per heavy atom. The molecule has 0 aliphatic carbocycles. The summed E-state index contributed by atoms with van der Waals surface area (Å²) in [5.74, 6) is 0.436. The van der Waals surface area contributed by atoms with Crippen LogP contribution in [-0.2, 0) is 10.7 Å². The van der Waals surface area contributed by atoms with Crippen LogP contribution in [0, 0.1) is 10.1 Å². The van der Waals surface area contributed by atoms with Gasteiger partial charge in [0.05, 0.1) is 18.1 Å². The average molecular weight is 228 g/mol. The molecule has 0 N–H and O–H groups in total. The Labute approximate surface area is 90.3 Å². The minimum atomic E-state index is -0.454. The number of nitro groups is 1. The summed E-state index contributed by atoms with van der Waals surface area (Å²) in [5.41, 5.74) is 0.661. The molecular weight excluding hydrogens is 216 g/mol. The maximum atomic E-state index is 10.5. The molecule has 0 unspecified atom stereocenters. The Balaban J connectivity index is 3.21. The number of nitro benzene ring substituents is 1. The summed E-state index contributed by atoms with van der Waals surface area (Å²) in [7, 11) is 1.35. The minimum absolute atomic E-state index is 0.0119. The third kappa shape index (κ3) is 3.02. The lowest BCUT2D eigenvalue weighted by atomic mass is 10.2. The second kappa shape index (κ2) is 4.88. The summed E-state index contributed by atoms with van der Waals surface area (Å²) in [5, 5.41) is 10.5. The molecule has 82 valence electrons. The van der Waals surface area contributed by atoms with Crippen LogP contribution in [0.15, 0.2) is 22.6 Å². The molecule has 1 aromatic rings. The van der Waals surface area contributed by atoms with Gasteiger partial charge in [0.25, 0.3) is 5.69 Å². The zero-order valence-electron chi connectivity index (χ0n) is 8.76. The highest BCUT2D eigenvalue weighted by Gasteiger charge is 2.10. The molecule has 15 heavy (non-hydrogen) atoms. The number of hydrogen-bond donors (Lipinski definition) is 0. The Bertz CT molecular complexity index is 414. The number of non-ortho nitro benzene ring substituents is 1. The standard InChI is InChI=1S/C9H12N2O3S/c1-14-9-6-7(11(12)13)4-5-8(9)10-15(2)3/h4-6H,1-3H3. The molecule has 0 spiro atoms. The van der Waals surface area contributed by atoms with E-state index in [1.165, 1.54) is 19.2 Å². The second-order valence-electron chi connectivity index (χ2n) is 2.98. The Hall–Kier alpha value is -1.43. The topological polar surface area (TPSA) is 64.7 Å². The van der Waals surface area contributed by atoms with E-state index in [0.29, 0.717) is 11.4 Å². The summed E-state index contributed by atoms with van der Waals surface area (Å²) < 4.78 is 9.35. The predicted molar refractivity (Wildman–Crippen MR) is 60.9 cm³/mol. The molecule has 0 atom stereocenters. The monoisotopic (exact) mass is 228 g/mol. The summed E-state index contributed by atoms with van der Waals surface area (Å²) in [6.07, 6.45) is 3.92. The number of nitrogens with zero attached hydrogens (tertiary/aromatic N) is 2. The number of ether oxygens (including phenoxy) is 1. The fraction of sp³-hybridized carbons (Fsp3) is 0.333. The highest BCUT2D eigenvalue weighted by molar-refractivity contribution is 7.85. The average Bonchev–Trinajstić information content (AvgIpc) is 2.17. The minimum Gasteiger partial charge on any atom is -0.494 e. The van der Waals surface area contributed by atoms with Crippen LogP contribution in [0.2, 0.25) is 0 Å². The molecule has 0 aliphatic rings. The molecule has 0 saturated carbocycles. The first kappa shape index (κ1) is 11.6. The molecule has 0 fully saturated rings. The molecule has 0 saturated heterocycles. The van der Waals surface area contributed by atoms with Crippen LogP contribution >= 0.6 is 0 Å². The van der Waals surface area contributed by atoms with Crippen molar-refractivity contribution in [1.82, 2.24) is 0 Å². The van der Waals surface area contributed by atoms with E-state index in [2.05, 4.69) is 4.36 Å². The van der Waals surface area contributed by atoms with Crippen LogP contribution in [-0.4, -0.2) is 24.5 Å². The Morgan fingerprint density at radius 3 is 2.60 bits per heavy atom. The van der Waals surface area contributed by atoms with Gasteiger partial charge in [0.2, 0.25) is 0 Å². The first-order valence-electron chi connectivity index (χ1n) is 4.16. The Morgan fingerprint density at radius 1 is 1.47 bits per heavy atom. The normalized spacial score (nSPS) is 10.1. The van der Waals surface area contributed by atoms with Crippen molar-refractivity contribution in [2.45, 2.75) is 0 Å². The van der Waals surface area contributed by atoms with E-state index in [-0.39, 0.29) is 16.4 Å². The first-order valence-corrected chi connectivity index (χ1v) is 6.16. The van der Waals surface area contributed by atoms with Crippen molar-refractivity contribution in [2.75, 3.05) is 19.6 Å². The van der Waals surface area contributed by atoms with Crippen molar-refractivity contribution in [3.63, 3.8) is 0 Å². The highest BCUT2D eigenvalue weighted by atomic mass is 32.2. The largest absolute Gasteiger partial charge is 0.494 e. The van der Waals surface area contributed by atoms with Gasteiger partial charge in [-0.05, 0) is 18.6 Å². The van der Waals surface area contributed by atoms with E-state index in [1.807, 2.05) is 12.5 Å². The van der Waals surface area contributed by atoms with Gasteiger partial charge in [-0.25, -0.2) is 4.36 Å².